The second-order valence-corrected chi connectivity index (χ2v) is 9.08. The van der Waals surface area contributed by atoms with Crippen LogP contribution in [0.5, 0.6) is 5.75 Å². The zero-order valence-corrected chi connectivity index (χ0v) is 17.6. The van der Waals surface area contributed by atoms with Crippen molar-refractivity contribution in [1.82, 2.24) is 9.80 Å². The molecule has 2 amide bonds. The molecule has 2 aliphatic heterocycles. The molecule has 0 N–H and O–H groups in total. The largest absolute Gasteiger partial charge is 0.484 e. The first-order chi connectivity index (χ1) is 14.6. The van der Waals surface area contributed by atoms with Gasteiger partial charge in [0.15, 0.2) is 6.61 Å². The summed E-state index contributed by atoms with van der Waals surface area (Å²) in [5, 5.41) is 0. The minimum absolute atomic E-state index is 0.00468. The Kier molecular flexibility index (Phi) is 6.27. The van der Waals surface area contributed by atoms with Crippen LogP contribution in [0, 0.1) is 5.82 Å². The number of amides is 2. The minimum Gasteiger partial charge on any atom is -0.484 e. The number of piperidine rings is 1. The van der Waals surface area contributed by atoms with Gasteiger partial charge in [0, 0.05) is 25.4 Å². The van der Waals surface area contributed by atoms with Gasteiger partial charge in [0.05, 0.1) is 11.3 Å². The number of rotatable bonds is 5. The van der Waals surface area contributed by atoms with E-state index in [0.717, 1.165) is 24.2 Å². The van der Waals surface area contributed by atoms with Crippen molar-refractivity contribution in [3.63, 3.8) is 0 Å². The zero-order chi connectivity index (χ0) is 21.0. The van der Waals surface area contributed by atoms with Gasteiger partial charge >= 0.3 is 0 Å². The summed E-state index contributed by atoms with van der Waals surface area (Å²) in [6.45, 7) is 1.98. The first kappa shape index (κ1) is 20.7. The number of thioether (sulfide) groups is 1. The van der Waals surface area contributed by atoms with Gasteiger partial charge in [0.1, 0.15) is 11.6 Å². The molecular formula is C23H25FN2O3S. The lowest BCUT2D eigenvalue weighted by Gasteiger charge is -2.44. The molecule has 158 valence electrons. The van der Waals surface area contributed by atoms with Gasteiger partial charge in [-0.1, -0.05) is 30.3 Å². The van der Waals surface area contributed by atoms with E-state index < -0.39 is 0 Å². The van der Waals surface area contributed by atoms with Crippen LogP contribution in [-0.2, 0) is 16.0 Å². The van der Waals surface area contributed by atoms with E-state index in [1.165, 1.54) is 12.1 Å². The number of likely N-dealkylation sites (tertiary alicyclic amines) is 1. The highest BCUT2D eigenvalue weighted by Crippen LogP contribution is 2.44. The Balaban J connectivity index is 1.32. The fourth-order valence-corrected chi connectivity index (χ4v) is 5.58. The Morgan fingerprint density at radius 3 is 2.37 bits per heavy atom. The zero-order valence-electron chi connectivity index (χ0n) is 16.8. The van der Waals surface area contributed by atoms with E-state index >= 15 is 0 Å². The number of para-hydroxylation sites is 1. The van der Waals surface area contributed by atoms with Crippen LogP contribution in [0.3, 0.4) is 0 Å². The van der Waals surface area contributed by atoms with E-state index in [1.807, 2.05) is 51.9 Å². The lowest BCUT2D eigenvalue weighted by Crippen LogP contribution is -2.54. The first-order valence-corrected chi connectivity index (χ1v) is 11.2. The number of nitrogens with zero attached hydrogens (tertiary/aromatic N) is 2. The molecule has 2 aromatic rings. The number of hydrogen-bond donors (Lipinski definition) is 0. The van der Waals surface area contributed by atoms with Gasteiger partial charge in [-0.05, 0) is 42.7 Å². The van der Waals surface area contributed by atoms with Crippen LogP contribution in [0.15, 0.2) is 54.6 Å². The van der Waals surface area contributed by atoms with Gasteiger partial charge in [-0.15, -0.1) is 11.8 Å². The molecule has 0 radical (unpaired) electrons. The molecule has 1 spiro atoms. The van der Waals surface area contributed by atoms with Gasteiger partial charge in [-0.3, -0.25) is 9.59 Å². The summed E-state index contributed by atoms with van der Waals surface area (Å²) in [6, 6.07) is 15.4. The summed E-state index contributed by atoms with van der Waals surface area (Å²) in [7, 11) is 0. The van der Waals surface area contributed by atoms with Crippen LogP contribution in [0.4, 0.5) is 4.39 Å². The number of hydrogen-bond acceptors (Lipinski definition) is 4. The average Bonchev–Trinajstić information content (AvgIpc) is 3.18. The fourth-order valence-electron chi connectivity index (χ4n) is 4.11. The van der Waals surface area contributed by atoms with Gasteiger partial charge in [0.25, 0.3) is 5.91 Å². The molecule has 2 heterocycles. The van der Waals surface area contributed by atoms with Crippen LogP contribution < -0.4 is 4.74 Å². The van der Waals surface area contributed by atoms with Crippen molar-refractivity contribution in [2.24, 2.45) is 0 Å². The second kappa shape index (κ2) is 9.08. The molecule has 0 aromatic heterocycles. The van der Waals surface area contributed by atoms with E-state index in [4.69, 9.17) is 4.74 Å². The van der Waals surface area contributed by atoms with Crippen molar-refractivity contribution in [3.8, 4) is 5.75 Å². The Morgan fingerprint density at radius 1 is 0.967 bits per heavy atom. The maximum atomic E-state index is 13.1. The number of ether oxygens (including phenoxy) is 1. The standard InChI is InChI=1S/C23H25FN2O3S/c24-19-8-6-18(7-9-19)16-21(27)25-12-10-23(11-13-25)26(14-15-30-23)22(28)17-29-20-4-2-1-3-5-20/h1-9H,10-17H2. The Morgan fingerprint density at radius 2 is 1.67 bits per heavy atom. The van der Waals surface area contributed by atoms with Crippen molar-refractivity contribution >= 4 is 23.6 Å². The highest BCUT2D eigenvalue weighted by molar-refractivity contribution is 8.00. The smallest absolute Gasteiger partial charge is 0.261 e. The van der Waals surface area contributed by atoms with Crippen LogP contribution in [0.2, 0.25) is 0 Å². The second-order valence-electron chi connectivity index (χ2n) is 7.63. The molecule has 0 atom stereocenters. The summed E-state index contributed by atoms with van der Waals surface area (Å²) in [5.41, 5.74) is 0.812. The monoisotopic (exact) mass is 428 g/mol. The average molecular weight is 429 g/mol. The molecule has 30 heavy (non-hydrogen) atoms. The summed E-state index contributed by atoms with van der Waals surface area (Å²) in [6.07, 6.45) is 1.78. The maximum absolute atomic E-state index is 13.1. The minimum atomic E-state index is -0.301. The molecule has 2 saturated heterocycles. The summed E-state index contributed by atoms with van der Waals surface area (Å²) in [5.74, 6) is 1.33. The van der Waals surface area contributed by atoms with Gasteiger partial charge in [-0.25, -0.2) is 4.39 Å². The summed E-state index contributed by atoms with van der Waals surface area (Å²) < 4.78 is 18.7. The number of carbonyl (C=O) groups is 2. The molecule has 4 rings (SSSR count). The molecular weight excluding hydrogens is 403 g/mol. The van der Waals surface area contributed by atoms with E-state index in [1.54, 1.807) is 12.1 Å². The number of benzene rings is 2. The maximum Gasteiger partial charge on any atom is 0.261 e. The van der Waals surface area contributed by atoms with Crippen molar-refractivity contribution in [3.05, 3.63) is 66.0 Å². The van der Waals surface area contributed by atoms with Crippen LogP contribution >= 0.6 is 11.8 Å². The van der Waals surface area contributed by atoms with Crippen molar-refractivity contribution in [1.29, 1.82) is 0 Å². The van der Waals surface area contributed by atoms with Gasteiger partial charge in [-0.2, -0.15) is 0 Å². The molecule has 2 fully saturated rings. The van der Waals surface area contributed by atoms with E-state index in [9.17, 15) is 14.0 Å². The quantitative estimate of drug-likeness (QED) is 0.733. The Bertz CT molecular complexity index is 883. The third-order valence-electron chi connectivity index (χ3n) is 5.75. The number of carbonyl (C=O) groups excluding carboxylic acids is 2. The van der Waals surface area contributed by atoms with Gasteiger partial charge in [0.2, 0.25) is 5.91 Å². The molecule has 0 saturated carbocycles. The van der Waals surface area contributed by atoms with Crippen molar-refractivity contribution in [2.45, 2.75) is 24.1 Å². The molecule has 0 unspecified atom stereocenters. The number of halogens is 1. The van der Waals surface area contributed by atoms with Crippen LogP contribution in [-0.4, -0.2) is 58.5 Å². The predicted octanol–water partition coefficient (Wildman–Crippen LogP) is 3.34. The van der Waals surface area contributed by atoms with Crippen LogP contribution in [0.1, 0.15) is 18.4 Å². The third-order valence-corrected chi connectivity index (χ3v) is 7.30. The molecule has 7 heteroatoms. The SMILES string of the molecule is O=C(Cc1ccc(F)cc1)N1CCC2(CC1)SCCN2C(=O)COc1ccccc1. The van der Waals surface area contributed by atoms with Crippen LogP contribution in [0.25, 0.3) is 0 Å². The highest BCUT2D eigenvalue weighted by Gasteiger charge is 2.46. The Labute approximate surface area is 180 Å². The van der Waals surface area contributed by atoms with Gasteiger partial charge < -0.3 is 14.5 Å². The summed E-state index contributed by atoms with van der Waals surface area (Å²) >= 11 is 1.81. The lowest BCUT2D eigenvalue weighted by molar-refractivity contribution is -0.138. The fraction of sp³-hybridized carbons (Fsp3) is 0.391. The van der Waals surface area contributed by atoms with E-state index in [0.29, 0.717) is 25.4 Å². The topological polar surface area (TPSA) is 49.9 Å². The first-order valence-electron chi connectivity index (χ1n) is 10.2. The molecule has 0 aliphatic carbocycles. The normalized spacial score (nSPS) is 17.9. The molecule has 0 bridgehead atoms. The molecule has 2 aliphatic rings. The highest BCUT2D eigenvalue weighted by atomic mass is 32.2. The third kappa shape index (κ3) is 4.61. The van der Waals surface area contributed by atoms with E-state index in [-0.39, 0.29) is 35.5 Å². The Hall–Kier alpha value is -2.54. The van der Waals surface area contributed by atoms with E-state index in [2.05, 4.69) is 0 Å². The molecule has 5 nitrogen and oxygen atoms in total. The molecule has 2 aromatic carbocycles. The van der Waals surface area contributed by atoms with Crippen molar-refractivity contribution in [2.75, 3.05) is 32.0 Å². The summed E-state index contributed by atoms with van der Waals surface area (Å²) in [4.78, 5) is 29.1. The predicted molar refractivity (Wildman–Crippen MR) is 115 cm³/mol. The van der Waals surface area contributed by atoms with Crippen molar-refractivity contribution < 1.29 is 18.7 Å². The lowest BCUT2D eigenvalue weighted by atomic mass is 10.0.